The molecule has 3 rings (SSSR count). The number of anilines is 1. The second kappa shape index (κ2) is 7.89. The van der Waals surface area contributed by atoms with E-state index < -0.39 is 15.9 Å². The normalized spacial score (nSPS) is 15.8. The molecule has 0 atom stereocenters. The van der Waals surface area contributed by atoms with Crippen molar-refractivity contribution >= 4 is 32.4 Å². The Balaban J connectivity index is 1.85. The van der Waals surface area contributed by atoms with Crippen LogP contribution in [-0.4, -0.2) is 60.2 Å². The van der Waals surface area contributed by atoms with Crippen LogP contribution < -0.4 is 5.32 Å². The first kappa shape index (κ1) is 19.7. The minimum atomic E-state index is -3.78. The molecule has 146 valence electrons. The summed E-state index contributed by atoms with van der Waals surface area (Å²) >= 11 is 1.23. The number of hydrogen-bond acceptors (Lipinski definition) is 8. The number of ether oxygens (including phenoxy) is 1. The summed E-state index contributed by atoms with van der Waals surface area (Å²) in [4.78, 5) is 12.4. The van der Waals surface area contributed by atoms with Crippen molar-refractivity contribution in [2.75, 3.05) is 31.6 Å². The number of benzene rings is 1. The molecular formula is C16H20N4O5S2. The van der Waals surface area contributed by atoms with E-state index in [0.29, 0.717) is 13.2 Å². The van der Waals surface area contributed by atoms with Gasteiger partial charge in [-0.3, -0.25) is 10.1 Å². The molecule has 0 saturated carbocycles. The number of carbonyl (C=O) groups is 1. The van der Waals surface area contributed by atoms with Crippen molar-refractivity contribution in [2.24, 2.45) is 0 Å². The third-order valence-corrected chi connectivity index (χ3v) is 7.01. The fourth-order valence-corrected chi connectivity index (χ4v) is 4.65. The lowest BCUT2D eigenvalue weighted by Crippen LogP contribution is -2.40. The van der Waals surface area contributed by atoms with E-state index in [4.69, 9.17) is 4.74 Å². The fraction of sp³-hybridized carbons (Fsp3) is 0.438. The highest BCUT2D eigenvalue weighted by molar-refractivity contribution is 7.89. The molecule has 1 aliphatic rings. The average Bonchev–Trinajstić information content (AvgIpc) is 3.11. The molecular weight excluding hydrogens is 392 g/mol. The molecule has 0 spiro atoms. The highest BCUT2D eigenvalue weighted by Crippen LogP contribution is 2.27. The Morgan fingerprint density at radius 3 is 2.63 bits per heavy atom. The monoisotopic (exact) mass is 412 g/mol. The largest absolute Gasteiger partial charge is 0.507 e. The molecule has 11 heteroatoms. The summed E-state index contributed by atoms with van der Waals surface area (Å²) in [7, 11) is -3.78. The van der Waals surface area contributed by atoms with E-state index in [1.54, 1.807) is 0 Å². The van der Waals surface area contributed by atoms with E-state index in [0.717, 1.165) is 5.01 Å². The number of morpholine rings is 1. The van der Waals surface area contributed by atoms with Gasteiger partial charge in [0.15, 0.2) is 0 Å². The molecule has 1 amide bonds. The second-order valence-electron chi connectivity index (χ2n) is 6.25. The second-order valence-corrected chi connectivity index (χ2v) is 9.20. The van der Waals surface area contributed by atoms with Gasteiger partial charge in [0.25, 0.3) is 5.91 Å². The molecule has 9 nitrogen and oxygen atoms in total. The maximum Gasteiger partial charge on any atom is 0.261 e. The molecule has 1 aromatic carbocycles. The zero-order valence-corrected chi connectivity index (χ0v) is 16.5. The summed E-state index contributed by atoms with van der Waals surface area (Å²) in [6.45, 7) is 5.04. The summed E-state index contributed by atoms with van der Waals surface area (Å²) in [5, 5.41) is 21.5. The van der Waals surface area contributed by atoms with Crippen LogP contribution in [0.15, 0.2) is 23.1 Å². The van der Waals surface area contributed by atoms with Gasteiger partial charge in [-0.05, 0) is 18.2 Å². The average molecular weight is 412 g/mol. The Morgan fingerprint density at radius 2 is 2.00 bits per heavy atom. The van der Waals surface area contributed by atoms with Gasteiger partial charge in [-0.15, -0.1) is 10.2 Å². The summed E-state index contributed by atoms with van der Waals surface area (Å²) in [5.74, 6) is -0.802. The van der Waals surface area contributed by atoms with Gasteiger partial charge in [-0.2, -0.15) is 4.31 Å². The van der Waals surface area contributed by atoms with Crippen LogP contribution in [0.4, 0.5) is 5.13 Å². The summed E-state index contributed by atoms with van der Waals surface area (Å²) < 4.78 is 32.0. The number of aromatic hydroxyl groups is 1. The number of amides is 1. The molecule has 2 aromatic rings. The molecule has 0 aliphatic carbocycles. The predicted octanol–water partition coefficient (Wildman–Crippen LogP) is 1.64. The molecule has 27 heavy (non-hydrogen) atoms. The Hall–Kier alpha value is -2.08. The van der Waals surface area contributed by atoms with Crippen molar-refractivity contribution in [1.29, 1.82) is 0 Å². The molecule has 1 aromatic heterocycles. The number of nitrogens with one attached hydrogen (secondary N) is 1. The summed E-state index contributed by atoms with van der Waals surface area (Å²) in [5.41, 5.74) is -0.148. The van der Waals surface area contributed by atoms with Gasteiger partial charge in [0.2, 0.25) is 15.2 Å². The molecule has 2 heterocycles. The first-order chi connectivity index (χ1) is 12.8. The SMILES string of the molecule is CC(C)c1nnc(NC(=O)c2cc(S(=O)(=O)N3CCOCC3)ccc2O)s1. The number of hydrogen-bond donors (Lipinski definition) is 2. The third-order valence-electron chi connectivity index (χ3n) is 3.98. The van der Waals surface area contributed by atoms with Crippen molar-refractivity contribution in [3.05, 3.63) is 28.8 Å². The quantitative estimate of drug-likeness (QED) is 0.765. The Morgan fingerprint density at radius 1 is 1.30 bits per heavy atom. The Labute approximate surface area is 161 Å². The zero-order valence-electron chi connectivity index (χ0n) is 14.9. The lowest BCUT2D eigenvalue weighted by molar-refractivity contribution is 0.0730. The number of phenols is 1. The van der Waals surface area contributed by atoms with Gasteiger partial charge in [0, 0.05) is 19.0 Å². The minimum absolute atomic E-state index is 0.0625. The number of phenolic OH excluding ortho intramolecular Hbond substituents is 1. The van der Waals surface area contributed by atoms with E-state index in [-0.39, 0.29) is 40.3 Å². The molecule has 1 fully saturated rings. The minimum Gasteiger partial charge on any atom is -0.507 e. The van der Waals surface area contributed by atoms with Gasteiger partial charge in [-0.1, -0.05) is 25.2 Å². The highest BCUT2D eigenvalue weighted by atomic mass is 32.2. The summed E-state index contributed by atoms with van der Waals surface area (Å²) in [6, 6.07) is 3.64. The van der Waals surface area contributed by atoms with E-state index in [1.807, 2.05) is 13.8 Å². The smallest absolute Gasteiger partial charge is 0.261 e. The first-order valence-corrected chi connectivity index (χ1v) is 10.6. The van der Waals surface area contributed by atoms with Crippen LogP contribution in [0, 0.1) is 0 Å². The zero-order chi connectivity index (χ0) is 19.6. The highest BCUT2D eigenvalue weighted by Gasteiger charge is 2.28. The third kappa shape index (κ3) is 4.26. The molecule has 2 N–H and O–H groups in total. The molecule has 0 bridgehead atoms. The topological polar surface area (TPSA) is 122 Å². The van der Waals surface area contributed by atoms with Crippen LogP contribution in [0.3, 0.4) is 0 Å². The lowest BCUT2D eigenvalue weighted by Gasteiger charge is -2.26. The van der Waals surface area contributed by atoms with Gasteiger partial charge < -0.3 is 9.84 Å². The van der Waals surface area contributed by atoms with Gasteiger partial charge in [-0.25, -0.2) is 8.42 Å². The maximum absolute atomic E-state index is 12.7. The van der Waals surface area contributed by atoms with Crippen LogP contribution in [-0.2, 0) is 14.8 Å². The summed E-state index contributed by atoms with van der Waals surface area (Å²) in [6.07, 6.45) is 0. The van der Waals surface area contributed by atoms with Crippen LogP contribution in [0.2, 0.25) is 0 Å². The fourth-order valence-electron chi connectivity index (χ4n) is 2.48. The number of carbonyl (C=O) groups excluding carboxylic acids is 1. The van der Waals surface area contributed by atoms with E-state index in [9.17, 15) is 18.3 Å². The number of sulfonamides is 1. The van der Waals surface area contributed by atoms with Crippen molar-refractivity contribution < 1.29 is 23.1 Å². The van der Waals surface area contributed by atoms with E-state index in [2.05, 4.69) is 15.5 Å². The number of aromatic nitrogens is 2. The van der Waals surface area contributed by atoms with E-state index >= 15 is 0 Å². The number of rotatable bonds is 5. The number of nitrogens with zero attached hydrogens (tertiary/aromatic N) is 3. The van der Waals surface area contributed by atoms with E-state index in [1.165, 1.54) is 33.8 Å². The van der Waals surface area contributed by atoms with Crippen molar-refractivity contribution in [2.45, 2.75) is 24.7 Å². The van der Waals surface area contributed by atoms with Crippen molar-refractivity contribution in [3.8, 4) is 5.75 Å². The first-order valence-electron chi connectivity index (χ1n) is 8.34. The predicted molar refractivity (Wildman–Crippen MR) is 99.6 cm³/mol. The lowest BCUT2D eigenvalue weighted by atomic mass is 10.2. The van der Waals surface area contributed by atoms with Crippen LogP contribution in [0.1, 0.15) is 35.1 Å². The van der Waals surface area contributed by atoms with Gasteiger partial charge in [0.05, 0.1) is 23.7 Å². The molecule has 1 saturated heterocycles. The Bertz CT molecular complexity index is 936. The van der Waals surface area contributed by atoms with Crippen molar-refractivity contribution in [3.63, 3.8) is 0 Å². The van der Waals surface area contributed by atoms with Crippen LogP contribution in [0.25, 0.3) is 0 Å². The molecule has 0 unspecified atom stereocenters. The van der Waals surface area contributed by atoms with Gasteiger partial charge in [0.1, 0.15) is 10.8 Å². The van der Waals surface area contributed by atoms with Gasteiger partial charge >= 0.3 is 0 Å². The molecule has 1 aliphatic heterocycles. The van der Waals surface area contributed by atoms with Crippen molar-refractivity contribution in [1.82, 2.24) is 14.5 Å². The standard InChI is InChI=1S/C16H20N4O5S2/c1-10(2)15-18-19-16(26-15)17-14(22)12-9-11(3-4-13(12)21)27(23,24)20-5-7-25-8-6-20/h3-4,9-10,21H,5-8H2,1-2H3,(H,17,19,22). The molecule has 0 radical (unpaired) electrons. The Kier molecular flexibility index (Phi) is 5.75. The van der Waals surface area contributed by atoms with Crippen LogP contribution >= 0.6 is 11.3 Å². The van der Waals surface area contributed by atoms with Crippen LogP contribution in [0.5, 0.6) is 5.75 Å². The maximum atomic E-state index is 12.7.